The Morgan fingerprint density at radius 3 is 0.367 bits per heavy atom. The van der Waals surface area contributed by atoms with Gasteiger partial charge in [-0.25, -0.2) is 0 Å². The van der Waals surface area contributed by atoms with Crippen LogP contribution >= 0.6 is 0 Å². The van der Waals surface area contributed by atoms with Gasteiger partial charge in [-0.1, -0.05) is 146 Å². The Hall–Kier alpha value is -12.6. The van der Waals surface area contributed by atoms with E-state index in [1.807, 2.05) is 0 Å². The first-order valence-corrected chi connectivity index (χ1v) is 26.9. The number of hydrogen-bond donors (Lipinski definition) is 0. The van der Waals surface area contributed by atoms with E-state index in [1.54, 1.807) is 0 Å². The van der Waals surface area contributed by atoms with E-state index in [-0.39, 0.29) is 45.5 Å². The Balaban J connectivity index is 0.000000205. The van der Waals surface area contributed by atoms with Crippen molar-refractivity contribution in [3.05, 3.63) is 390 Å². The van der Waals surface area contributed by atoms with Crippen LogP contribution in [0.15, 0.2) is 243 Å². The quantitative estimate of drug-likeness (QED) is 0.0493. The highest BCUT2D eigenvalue weighted by Crippen LogP contribution is 2.48. The molecule has 0 aromatic heterocycles. The van der Waals surface area contributed by atoms with Crippen LogP contribution in [0.3, 0.4) is 0 Å². The molecule has 0 aliphatic rings. The summed E-state index contributed by atoms with van der Waals surface area (Å²) in [6, 6.07) is 61.7. The Labute approximate surface area is 511 Å². The van der Waals surface area contributed by atoms with Gasteiger partial charge in [0.25, 0.3) is 45.5 Å². The normalized spacial score (nSPS) is 10.7. The third-order valence-electron chi connectivity index (χ3n) is 14.9. The summed E-state index contributed by atoms with van der Waals surface area (Å²) in [5, 5.41) is 90.3. The molecule has 90 heavy (non-hydrogen) atoms. The highest BCUT2D eigenvalue weighted by atomic mass is 16.7. The summed E-state index contributed by atoms with van der Waals surface area (Å²) in [5.74, 6) is 0. The van der Waals surface area contributed by atoms with Gasteiger partial charge < -0.3 is 0 Å². The number of aryl methyl sites for hydroxylation is 4. The first-order valence-electron chi connectivity index (χ1n) is 26.9. The molecule has 0 atom stereocenters. The van der Waals surface area contributed by atoms with Crippen LogP contribution in [-0.4, -0.2) is 39.4 Å². The van der Waals surface area contributed by atoms with Crippen molar-refractivity contribution in [3.63, 3.8) is 0 Å². The molecular weight excluding hydrogens is 1160 g/mol. The molecule has 0 N–H and O–H groups in total. The number of nitro groups is 8. The number of rotatable bonds is 16. The zero-order valence-electron chi connectivity index (χ0n) is 48.2. The molecule has 0 spiro atoms. The van der Waals surface area contributed by atoms with Crippen LogP contribution < -0.4 is 0 Å². The molecule has 0 saturated carbocycles. The monoisotopic (exact) mass is 1210 g/mol. The van der Waals surface area contributed by atoms with E-state index in [9.17, 15) is 80.9 Å². The molecule has 0 saturated heterocycles. The molecule has 0 aliphatic carbocycles. The number of nitro benzene ring substituents is 8. The van der Waals surface area contributed by atoms with Gasteiger partial charge in [0, 0.05) is 97.1 Å². The van der Waals surface area contributed by atoms with Crippen LogP contribution in [0.2, 0.25) is 0 Å². The Bertz CT molecular complexity index is 3480. The SMILES string of the molecule is Cc1ccccc1C.Cc1ccccc1C.O=[N+]([O-])c1ccc(C(c2ccc([N+](=O)[O-])cc2)(c2ccc([N+](=O)[O-])cc2)c2ccc([N+](=O)[O-])cc2)cc1.O=[N+]([O-])c1ccc(C(c2ccc([N+](=O)[O-])cc2)(c2ccc([N+](=O)[O-])cc2)c2ccc([N+](=O)[O-])cc2)cc1. The maximum absolute atomic E-state index is 11.3. The van der Waals surface area contributed by atoms with Crippen molar-refractivity contribution in [1.82, 2.24) is 0 Å². The van der Waals surface area contributed by atoms with E-state index < -0.39 is 50.2 Å². The van der Waals surface area contributed by atoms with Gasteiger partial charge in [-0.2, -0.15) is 0 Å². The molecular formula is C66H52N8O16. The highest BCUT2D eigenvalue weighted by Gasteiger charge is 2.41. The average molecular weight is 1210 g/mol. The van der Waals surface area contributed by atoms with Crippen molar-refractivity contribution in [2.45, 2.75) is 38.5 Å². The van der Waals surface area contributed by atoms with Gasteiger partial charge in [0.1, 0.15) is 0 Å². The van der Waals surface area contributed by atoms with Crippen molar-refractivity contribution in [2.75, 3.05) is 0 Å². The van der Waals surface area contributed by atoms with E-state index in [2.05, 4.69) is 76.2 Å². The number of benzene rings is 10. The summed E-state index contributed by atoms with van der Waals surface area (Å²) in [4.78, 5) is 85.8. The predicted molar refractivity (Wildman–Crippen MR) is 335 cm³/mol. The van der Waals surface area contributed by atoms with Crippen LogP contribution in [0.5, 0.6) is 0 Å². The average Bonchev–Trinajstić information content (AvgIpc) is 1.06. The molecule has 10 aromatic rings. The molecule has 24 heteroatoms. The largest absolute Gasteiger partial charge is 0.269 e. The number of hydrogen-bond acceptors (Lipinski definition) is 16. The lowest BCUT2D eigenvalue weighted by Crippen LogP contribution is -2.31. The Kier molecular flexibility index (Phi) is 20.6. The van der Waals surface area contributed by atoms with Gasteiger partial charge in [0.05, 0.1) is 50.2 Å². The molecule has 0 amide bonds. The minimum absolute atomic E-state index is 0.172. The lowest BCUT2D eigenvalue weighted by molar-refractivity contribution is -0.385. The Morgan fingerprint density at radius 2 is 0.289 bits per heavy atom. The van der Waals surface area contributed by atoms with Crippen LogP contribution in [0, 0.1) is 109 Å². The summed E-state index contributed by atoms with van der Waals surface area (Å²) in [6.45, 7) is 8.48. The van der Waals surface area contributed by atoms with Crippen molar-refractivity contribution >= 4 is 45.5 Å². The molecule has 452 valence electrons. The first-order chi connectivity index (χ1) is 42.9. The fourth-order valence-electron chi connectivity index (χ4n) is 9.99. The Morgan fingerprint density at radius 1 is 0.189 bits per heavy atom. The maximum atomic E-state index is 11.3. The zero-order chi connectivity index (χ0) is 65.5. The second-order valence-electron chi connectivity index (χ2n) is 20.1. The van der Waals surface area contributed by atoms with Gasteiger partial charge in [-0.3, -0.25) is 80.9 Å². The van der Waals surface area contributed by atoms with Crippen molar-refractivity contribution in [1.29, 1.82) is 0 Å². The standard InChI is InChI=1S/2C25H16N4O8.2C8H10/c2*30-26(31)21-9-1-17(2-10-21)25(18-3-11-22(12-4-18)27(32)33,19-5-13-23(14-6-19)28(34)35)20-7-15-24(16-8-20)29(36)37;2*1-7-5-3-4-6-8(7)2/h2*1-16H;2*3-6H,1-2H3. The molecule has 0 aliphatic heterocycles. The predicted octanol–water partition coefficient (Wildman–Crippen LogP) is 16.0. The van der Waals surface area contributed by atoms with E-state index in [1.165, 1.54) is 216 Å². The molecule has 0 radical (unpaired) electrons. The fourth-order valence-corrected chi connectivity index (χ4v) is 9.99. The lowest BCUT2D eigenvalue weighted by atomic mass is 9.65. The van der Waals surface area contributed by atoms with Crippen molar-refractivity contribution < 1.29 is 39.4 Å². The minimum Gasteiger partial charge on any atom is -0.258 e. The summed E-state index contributed by atoms with van der Waals surface area (Å²) in [6.07, 6.45) is 0. The van der Waals surface area contributed by atoms with E-state index in [4.69, 9.17) is 0 Å². The molecule has 0 fully saturated rings. The maximum Gasteiger partial charge on any atom is 0.269 e. The summed E-state index contributed by atoms with van der Waals surface area (Å²) < 4.78 is 0. The fraction of sp³-hybridized carbons (Fsp3) is 0.0909. The van der Waals surface area contributed by atoms with Gasteiger partial charge in [-0.05, 0) is 94.5 Å². The smallest absolute Gasteiger partial charge is 0.258 e. The molecule has 10 rings (SSSR count). The lowest BCUT2D eigenvalue weighted by Gasteiger charge is -2.36. The van der Waals surface area contributed by atoms with E-state index in [0.29, 0.717) is 44.5 Å². The molecule has 24 nitrogen and oxygen atoms in total. The summed E-state index contributed by atoms with van der Waals surface area (Å²) in [5.41, 5.74) is 5.46. The zero-order valence-corrected chi connectivity index (χ0v) is 48.2. The second kappa shape index (κ2) is 28.5. The third-order valence-corrected chi connectivity index (χ3v) is 14.9. The topological polar surface area (TPSA) is 345 Å². The summed E-state index contributed by atoms with van der Waals surface area (Å²) >= 11 is 0. The number of non-ortho nitro benzene ring substituents is 8. The van der Waals surface area contributed by atoms with E-state index in [0.717, 1.165) is 0 Å². The van der Waals surface area contributed by atoms with Crippen LogP contribution in [0.4, 0.5) is 45.5 Å². The first kappa shape index (κ1) is 65.0. The van der Waals surface area contributed by atoms with Gasteiger partial charge >= 0.3 is 0 Å². The van der Waals surface area contributed by atoms with Crippen LogP contribution in [0.25, 0.3) is 0 Å². The van der Waals surface area contributed by atoms with Gasteiger partial charge in [0.2, 0.25) is 0 Å². The second-order valence-corrected chi connectivity index (χ2v) is 20.1. The third kappa shape index (κ3) is 14.5. The van der Waals surface area contributed by atoms with Crippen molar-refractivity contribution in [2.24, 2.45) is 0 Å². The summed E-state index contributed by atoms with van der Waals surface area (Å²) in [7, 11) is 0. The van der Waals surface area contributed by atoms with Gasteiger partial charge in [-0.15, -0.1) is 0 Å². The molecule has 0 heterocycles. The van der Waals surface area contributed by atoms with Crippen LogP contribution in [-0.2, 0) is 10.8 Å². The molecule has 10 aromatic carbocycles. The number of nitrogens with zero attached hydrogens (tertiary/aromatic N) is 8. The molecule has 0 bridgehead atoms. The highest BCUT2D eigenvalue weighted by molar-refractivity contribution is 5.65. The van der Waals surface area contributed by atoms with Crippen LogP contribution in [0.1, 0.15) is 66.8 Å². The van der Waals surface area contributed by atoms with Gasteiger partial charge in [0.15, 0.2) is 0 Å². The minimum atomic E-state index is -1.30. The van der Waals surface area contributed by atoms with Crippen molar-refractivity contribution in [3.8, 4) is 0 Å². The van der Waals surface area contributed by atoms with E-state index >= 15 is 0 Å². The molecule has 0 unspecified atom stereocenters.